The molecule has 3 nitrogen and oxygen atoms in total. The molecule has 0 aliphatic carbocycles. The Labute approximate surface area is 81.6 Å². The Balaban J connectivity index is 2.56. The van der Waals surface area contributed by atoms with Crippen molar-refractivity contribution >= 4 is 5.97 Å². The fourth-order valence-electron chi connectivity index (χ4n) is 1.11. The van der Waals surface area contributed by atoms with Gasteiger partial charge < -0.3 is 10.4 Å². The first-order chi connectivity index (χ1) is 6.59. The maximum Gasteiger partial charge on any atom is 0.317 e. The van der Waals surface area contributed by atoms with Crippen LogP contribution in [0, 0.1) is 5.82 Å². The Kier molecular flexibility index (Phi) is 3.59. The van der Waals surface area contributed by atoms with Crippen LogP contribution in [0.3, 0.4) is 0 Å². The molecule has 0 spiro atoms. The summed E-state index contributed by atoms with van der Waals surface area (Å²) in [5, 5.41) is 11.2. The van der Waals surface area contributed by atoms with Crippen LogP contribution in [-0.4, -0.2) is 17.6 Å². The molecule has 1 rings (SSSR count). The van der Waals surface area contributed by atoms with Crippen LogP contribution in [0.5, 0.6) is 0 Å². The zero-order valence-electron chi connectivity index (χ0n) is 7.83. The molecule has 2 N–H and O–H groups in total. The highest BCUT2D eigenvalue weighted by Gasteiger charge is 2.06. The first-order valence-electron chi connectivity index (χ1n) is 4.30. The van der Waals surface area contributed by atoms with E-state index < -0.39 is 5.97 Å². The molecule has 1 aromatic carbocycles. The number of hydrogen-bond acceptors (Lipinski definition) is 2. The number of rotatable bonds is 4. The maximum atomic E-state index is 12.5. The molecule has 0 fully saturated rings. The summed E-state index contributed by atoms with van der Waals surface area (Å²) in [6.45, 7) is 1.73. The molecule has 1 atom stereocenters. The monoisotopic (exact) mass is 197 g/mol. The topological polar surface area (TPSA) is 49.3 Å². The van der Waals surface area contributed by atoms with Crippen LogP contribution in [0.4, 0.5) is 4.39 Å². The van der Waals surface area contributed by atoms with Crippen LogP contribution in [-0.2, 0) is 4.79 Å². The van der Waals surface area contributed by atoms with Gasteiger partial charge in [-0.3, -0.25) is 4.79 Å². The largest absolute Gasteiger partial charge is 0.480 e. The van der Waals surface area contributed by atoms with E-state index in [0.29, 0.717) is 0 Å². The Morgan fingerprint density at radius 3 is 2.57 bits per heavy atom. The Bertz CT molecular complexity index is 310. The highest BCUT2D eigenvalue weighted by atomic mass is 19.1. The summed E-state index contributed by atoms with van der Waals surface area (Å²) in [6.07, 6.45) is 0. The van der Waals surface area contributed by atoms with Crippen molar-refractivity contribution in [3.8, 4) is 0 Å². The normalized spacial score (nSPS) is 12.4. The lowest BCUT2D eigenvalue weighted by molar-refractivity contribution is -0.136. The molecule has 0 bridgehead atoms. The van der Waals surface area contributed by atoms with Gasteiger partial charge in [0, 0.05) is 6.04 Å². The molecule has 0 aliphatic rings. The highest BCUT2D eigenvalue weighted by molar-refractivity contribution is 5.69. The summed E-state index contributed by atoms with van der Waals surface area (Å²) in [5.41, 5.74) is 0.868. The number of halogens is 1. The van der Waals surface area contributed by atoms with Gasteiger partial charge >= 0.3 is 5.97 Å². The van der Waals surface area contributed by atoms with Crippen molar-refractivity contribution in [2.75, 3.05) is 6.54 Å². The number of hydrogen-bond donors (Lipinski definition) is 2. The van der Waals surface area contributed by atoms with Gasteiger partial charge in [-0.15, -0.1) is 0 Å². The van der Waals surface area contributed by atoms with Crippen molar-refractivity contribution in [1.29, 1.82) is 0 Å². The zero-order valence-corrected chi connectivity index (χ0v) is 7.83. The van der Waals surface area contributed by atoms with Crippen LogP contribution in [0.15, 0.2) is 24.3 Å². The van der Waals surface area contributed by atoms with Gasteiger partial charge in [0.15, 0.2) is 0 Å². The van der Waals surface area contributed by atoms with E-state index in [0.717, 1.165) is 5.56 Å². The number of carboxylic acid groups (broad SMARTS) is 1. The van der Waals surface area contributed by atoms with Gasteiger partial charge in [0.1, 0.15) is 5.82 Å². The number of nitrogens with one attached hydrogen (secondary N) is 1. The van der Waals surface area contributed by atoms with Gasteiger partial charge in [0.2, 0.25) is 0 Å². The van der Waals surface area contributed by atoms with E-state index >= 15 is 0 Å². The summed E-state index contributed by atoms with van der Waals surface area (Å²) >= 11 is 0. The molecular weight excluding hydrogens is 185 g/mol. The standard InChI is InChI=1S/C10H12FNO2/c1-7(12-6-10(13)14)8-2-4-9(11)5-3-8/h2-5,7,12H,6H2,1H3,(H,13,14)/t7-/m0/s1. The molecule has 1 aromatic rings. The minimum Gasteiger partial charge on any atom is -0.480 e. The summed E-state index contributed by atoms with van der Waals surface area (Å²) in [7, 11) is 0. The summed E-state index contributed by atoms with van der Waals surface area (Å²) in [5.74, 6) is -1.20. The van der Waals surface area contributed by atoms with E-state index in [1.165, 1.54) is 12.1 Å². The van der Waals surface area contributed by atoms with Crippen LogP contribution in [0.25, 0.3) is 0 Å². The SMILES string of the molecule is C[C@H](NCC(=O)O)c1ccc(F)cc1. The molecular formula is C10H12FNO2. The van der Waals surface area contributed by atoms with Crippen molar-refractivity contribution < 1.29 is 14.3 Å². The first kappa shape index (κ1) is 10.7. The smallest absolute Gasteiger partial charge is 0.317 e. The van der Waals surface area contributed by atoms with E-state index in [9.17, 15) is 9.18 Å². The van der Waals surface area contributed by atoms with E-state index in [4.69, 9.17) is 5.11 Å². The summed E-state index contributed by atoms with van der Waals surface area (Å²) < 4.78 is 12.5. The lowest BCUT2D eigenvalue weighted by Gasteiger charge is -2.12. The molecule has 0 aliphatic heterocycles. The summed E-state index contributed by atoms with van der Waals surface area (Å²) in [4.78, 5) is 10.3. The maximum absolute atomic E-state index is 12.5. The Morgan fingerprint density at radius 1 is 1.50 bits per heavy atom. The second-order valence-electron chi connectivity index (χ2n) is 3.05. The quantitative estimate of drug-likeness (QED) is 0.770. The van der Waals surface area contributed by atoms with Crippen molar-refractivity contribution in [3.05, 3.63) is 35.6 Å². The van der Waals surface area contributed by atoms with E-state index in [-0.39, 0.29) is 18.4 Å². The first-order valence-corrected chi connectivity index (χ1v) is 4.30. The minimum absolute atomic E-state index is 0.0910. The lowest BCUT2D eigenvalue weighted by atomic mass is 10.1. The van der Waals surface area contributed by atoms with Crippen LogP contribution in [0.1, 0.15) is 18.5 Å². The number of benzene rings is 1. The van der Waals surface area contributed by atoms with Gasteiger partial charge in [-0.25, -0.2) is 4.39 Å². The van der Waals surface area contributed by atoms with Gasteiger partial charge in [-0.05, 0) is 24.6 Å². The molecule has 0 radical (unpaired) electrons. The third kappa shape index (κ3) is 3.14. The molecule has 4 heteroatoms. The lowest BCUT2D eigenvalue weighted by Crippen LogP contribution is -2.25. The molecule has 0 saturated carbocycles. The number of aliphatic carboxylic acids is 1. The van der Waals surface area contributed by atoms with Gasteiger partial charge in [-0.1, -0.05) is 12.1 Å². The molecule has 0 heterocycles. The van der Waals surface area contributed by atoms with Crippen LogP contribution < -0.4 is 5.32 Å². The Hall–Kier alpha value is -1.42. The third-order valence-electron chi connectivity index (χ3n) is 1.93. The fourth-order valence-corrected chi connectivity index (χ4v) is 1.11. The summed E-state index contributed by atoms with van der Waals surface area (Å²) in [6, 6.07) is 5.89. The molecule has 0 amide bonds. The van der Waals surface area contributed by atoms with Crippen molar-refractivity contribution in [3.63, 3.8) is 0 Å². The molecule has 0 aromatic heterocycles. The van der Waals surface area contributed by atoms with Crippen molar-refractivity contribution in [2.45, 2.75) is 13.0 Å². The molecule has 0 unspecified atom stereocenters. The van der Waals surface area contributed by atoms with Gasteiger partial charge in [0.25, 0.3) is 0 Å². The van der Waals surface area contributed by atoms with Crippen LogP contribution >= 0.6 is 0 Å². The highest BCUT2D eigenvalue weighted by Crippen LogP contribution is 2.12. The zero-order chi connectivity index (χ0) is 10.6. The second kappa shape index (κ2) is 4.72. The molecule has 14 heavy (non-hydrogen) atoms. The molecule has 0 saturated heterocycles. The average molecular weight is 197 g/mol. The van der Waals surface area contributed by atoms with Crippen molar-refractivity contribution in [2.24, 2.45) is 0 Å². The third-order valence-corrected chi connectivity index (χ3v) is 1.93. The predicted molar refractivity (Wildman–Crippen MR) is 50.5 cm³/mol. The Morgan fingerprint density at radius 2 is 2.07 bits per heavy atom. The fraction of sp³-hybridized carbons (Fsp3) is 0.300. The van der Waals surface area contributed by atoms with Crippen LogP contribution in [0.2, 0.25) is 0 Å². The van der Waals surface area contributed by atoms with Gasteiger partial charge in [-0.2, -0.15) is 0 Å². The number of carbonyl (C=O) groups is 1. The van der Waals surface area contributed by atoms with Gasteiger partial charge in [0.05, 0.1) is 6.54 Å². The number of carboxylic acids is 1. The average Bonchev–Trinajstić information content (AvgIpc) is 2.15. The second-order valence-corrected chi connectivity index (χ2v) is 3.05. The minimum atomic E-state index is -0.904. The van der Waals surface area contributed by atoms with Crippen molar-refractivity contribution in [1.82, 2.24) is 5.32 Å². The predicted octanol–water partition coefficient (Wildman–Crippen LogP) is 1.56. The van der Waals surface area contributed by atoms with E-state index in [2.05, 4.69) is 5.32 Å². The van der Waals surface area contributed by atoms with E-state index in [1.54, 1.807) is 12.1 Å². The van der Waals surface area contributed by atoms with E-state index in [1.807, 2.05) is 6.92 Å². The molecule has 76 valence electrons.